The fourth-order valence-electron chi connectivity index (χ4n) is 5.30. The average molecular weight is 422 g/mol. The molecular formula is C20H22O10. The first-order chi connectivity index (χ1) is 14.4. The Morgan fingerprint density at radius 1 is 1.13 bits per heavy atom. The van der Waals surface area contributed by atoms with E-state index in [9.17, 15) is 19.2 Å². The molecule has 6 atom stereocenters. The molecule has 4 bridgehead atoms. The third-order valence-electron chi connectivity index (χ3n) is 6.68. The van der Waals surface area contributed by atoms with Crippen LogP contribution in [0.5, 0.6) is 0 Å². The largest absolute Gasteiger partial charge is 0.462 e. The summed E-state index contributed by atoms with van der Waals surface area (Å²) in [5.74, 6) is -4.47. The maximum absolute atomic E-state index is 12.9. The van der Waals surface area contributed by atoms with Gasteiger partial charge in [-0.3, -0.25) is 9.59 Å². The van der Waals surface area contributed by atoms with Crippen LogP contribution in [0.15, 0.2) is 12.7 Å². The van der Waals surface area contributed by atoms with Crippen molar-refractivity contribution in [1.29, 1.82) is 0 Å². The molecule has 10 nitrogen and oxygen atoms in total. The Hall–Kier alpha value is -2.46. The number of rotatable bonds is 7. The van der Waals surface area contributed by atoms with Gasteiger partial charge in [-0.25, -0.2) is 9.59 Å². The summed E-state index contributed by atoms with van der Waals surface area (Å²) in [6.45, 7) is 2.74. The molecule has 5 rings (SSSR count). The highest BCUT2D eigenvalue weighted by molar-refractivity contribution is 5.87. The Morgan fingerprint density at radius 2 is 1.90 bits per heavy atom. The second-order valence-corrected chi connectivity index (χ2v) is 8.39. The molecule has 5 heterocycles. The zero-order valence-corrected chi connectivity index (χ0v) is 16.2. The molecule has 0 N–H and O–H groups in total. The molecule has 6 unspecified atom stereocenters. The van der Waals surface area contributed by atoms with E-state index in [-0.39, 0.29) is 12.7 Å². The molecule has 5 aliphatic heterocycles. The summed E-state index contributed by atoms with van der Waals surface area (Å²) in [7, 11) is 0. The van der Waals surface area contributed by atoms with Crippen LogP contribution >= 0.6 is 0 Å². The van der Waals surface area contributed by atoms with E-state index in [0.717, 1.165) is 31.8 Å². The highest BCUT2D eigenvalue weighted by atomic mass is 16.7. The molecule has 0 aromatic rings. The molecule has 5 saturated heterocycles. The van der Waals surface area contributed by atoms with Gasteiger partial charge in [0.15, 0.2) is 18.8 Å². The molecule has 0 amide bonds. The molecule has 30 heavy (non-hydrogen) atoms. The van der Waals surface area contributed by atoms with Crippen molar-refractivity contribution in [3.8, 4) is 0 Å². The zero-order chi connectivity index (χ0) is 21.0. The normalized spacial score (nSPS) is 42.1. The van der Waals surface area contributed by atoms with E-state index in [1.165, 1.54) is 0 Å². The van der Waals surface area contributed by atoms with Crippen LogP contribution in [0.1, 0.15) is 25.7 Å². The third-order valence-corrected chi connectivity index (χ3v) is 6.68. The lowest BCUT2D eigenvalue weighted by molar-refractivity contribution is -0.171. The standard InChI is InChI=1S/C20H22O10/c1-2-10(21)25-7-11(22)27-16-14-12(13-15(28-14)17(16)29-19(13)24)18(23)26-8-20-5-3-9(30-20)4-6-20/h2,9,12-17H,1,3-8H2. The van der Waals surface area contributed by atoms with Gasteiger partial charge in [-0.2, -0.15) is 0 Å². The van der Waals surface area contributed by atoms with Crippen LogP contribution in [-0.2, 0) is 47.6 Å². The molecule has 5 fully saturated rings. The van der Waals surface area contributed by atoms with Gasteiger partial charge in [-0.05, 0) is 25.7 Å². The predicted octanol–water partition coefficient (Wildman–Crippen LogP) is -0.179. The summed E-state index contributed by atoms with van der Waals surface area (Å²) in [6.07, 6.45) is 1.46. The van der Waals surface area contributed by atoms with Crippen LogP contribution in [0, 0.1) is 11.8 Å². The predicted molar refractivity (Wildman–Crippen MR) is 93.6 cm³/mol. The summed E-state index contributed by atoms with van der Waals surface area (Å²) in [5.41, 5.74) is -0.432. The van der Waals surface area contributed by atoms with Gasteiger partial charge in [0.2, 0.25) is 0 Å². The number of hydrogen-bond donors (Lipinski definition) is 0. The van der Waals surface area contributed by atoms with Crippen LogP contribution in [0.25, 0.3) is 0 Å². The van der Waals surface area contributed by atoms with E-state index in [0.29, 0.717) is 0 Å². The van der Waals surface area contributed by atoms with Crippen molar-refractivity contribution in [3.63, 3.8) is 0 Å². The fourth-order valence-corrected chi connectivity index (χ4v) is 5.30. The molecule has 0 saturated carbocycles. The van der Waals surface area contributed by atoms with Crippen molar-refractivity contribution in [2.75, 3.05) is 13.2 Å². The minimum Gasteiger partial charge on any atom is -0.462 e. The maximum atomic E-state index is 12.9. The number of carbonyl (C=O) groups excluding carboxylic acids is 4. The summed E-state index contributed by atoms with van der Waals surface area (Å²) < 4.78 is 32.6. The van der Waals surface area contributed by atoms with E-state index in [1.54, 1.807) is 0 Å². The molecule has 0 aromatic carbocycles. The van der Waals surface area contributed by atoms with E-state index in [4.69, 9.17) is 23.7 Å². The van der Waals surface area contributed by atoms with Crippen LogP contribution < -0.4 is 0 Å². The highest BCUT2D eigenvalue weighted by Gasteiger charge is 2.72. The van der Waals surface area contributed by atoms with Gasteiger partial charge in [-0.1, -0.05) is 6.58 Å². The molecular weight excluding hydrogens is 400 g/mol. The molecule has 162 valence electrons. The van der Waals surface area contributed by atoms with Gasteiger partial charge >= 0.3 is 23.9 Å². The van der Waals surface area contributed by atoms with Crippen molar-refractivity contribution in [2.45, 2.75) is 61.8 Å². The van der Waals surface area contributed by atoms with Gasteiger partial charge in [0.25, 0.3) is 0 Å². The van der Waals surface area contributed by atoms with Gasteiger partial charge < -0.3 is 28.4 Å². The van der Waals surface area contributed by atoms with Crippen molar-refractivity contribution in [1.82, 2.24) is 0 Å². The van der Waals surface area contributed by atoms with Crippen molar-refractivity contribution in [2.24, 2.45) is 11.8 Å². The van der Waals surface area contributed by atoms with Gasteiger partial charge in [0.1, 0.15) is 36.3 Å². The lowest BCUT2D eigenvalue weighted by atomic mass is 9.78. The first-order valence-electron chi connectivity index (χ1n) is 10.1. The topological polar surface area (TPSA) is 124 Å². The Morgan fingerprint density at radius 3 is 2.57 bits per heavy atom. The summed E-state index contributed by atoms with van der Waals surface area (Å²) >= 11 is 0. The van der Waals surface area contributed by atoms with E-state index in [2.05, 4.69) is 11.3 Å². The summed E-state index contributed by atoms with van der Waals surface area (Å²) in [5, 5.41) is 0. The number of esters is 4. The second-order valence-electron chi connectivity index (χ2n) is 8.39. The zero-order valence-electron chi connectivity index (χ0n) is 16.2. The minimum atomic E-state index is -0.970. The molecule has 0 aromatic heterocycles. The van der Waals surface area contributed by atoms with Crippen molar-refractivity contribution >= 4 is 23.9 Å². The number of ether oxygens (including phenoxy) is 6. The highest BCUT2D eigenvalue weighted by Crippen LogP contribution is 2.52. The molecule has 5 aliphatic rings. The Bertz CT molecular complexity index is 797. The monoisotopic (exact) mass is 422 g/mol. The SMILES string of the molecule is C=CC(=O)OCC(=O)OC1C2OC(=O)C3C2OC1C3C(=O)OCC12CCC(CC1)O2. The Balaban J connectivity index is 1.24. The quantitative estimate of drug-likeness (QED) is 0.310. The van der Waals surface area contributed by atoms with E-state index in [1.807, 2.05) is 0 Å². The summed E-state index contributed by atoms with van der Waals surface area (Å²) in [4.78, 5) is 48.4. The van der Waals surface area contributed by atoms with Crippen molar-refractivity contribution < 1.29 is 47.6 Å². The third kappa shape index (κ3) is 3.01. The summed E-state index contributed by atoms with van der Waals surface area (Å²) in [6, 6.07) is 0. The van der Waals surface area contributed by atoms with Gasteiger partial charge in [0, 0.05) is 6.08 Å². The fraction of sp³-hybridized carbons (Fsp3) is 0.700. The number of carbonyl (C=O) groups is 4. The molecule has 0 radical (unpaired) electrons. The lowest BCUT2D eigenvalue weighted by Crippen LogP contribution is -2.48. The Kier molecular flexibility index (Phi) is 4.59. The first-order valence-corrected chi connectivity index (χ1v) is 10.1. The van der Waals surface area contributed by atoms with Crippen molar-refractivity contribution in [3.05, 3.63) is 12.7 Å². The van der Waals surface area contributed by atoms with Gasteiger partial charge in [-0.15, -0.1) is 0 Å². The van der Waals surface area contributed by atoms with E-state index < -0.39 is 72.3 Å². The average Bonchev–Trinajstić information content (AvgIpc) is 3.52. The number of fused-ring (bicyclic) bond motifs is 3. The van der Waals surface area contributed by atoms with Crippen LogP contribution in [-0.4, -0.2) is 73.2 Å². The molecule has 0 aliphatic carbocycles. The smallest absolute Gasteiger partial charge is 0.344 e. The minimum absolute atomic E-state index is 0.128. The first kappa shape index (κ1) is 19.5. The molecule has 10 heteroatoms. The second kappa shape index (κ2) is 7.05. The number of hydrogen-bond acceptors (Lipinski definition) is 10. The molecule has 0 spiro atoms. The van der Waals surface area contributed by atoms with Crippen LogP contribution in [0.3, 0.4) is 0 Å². The van der Waals surface area contributed by atoms with Gasteiger partial charge in [0.05, 0.1) is 6.10 Å². The van der Waals surface area contributed by atoms with Crippen LogP contribution in [0.4, 0.5) is 0 Å². The van der Waals surface area contributed by atoms with E-state index >= 15 is 0 Å². The maximum Gasteiger partial charge on any atom is 0.344 e. The van der Waals surface area contributed by atoms with Crippen LogP contribution in [0.2, 0.25) is 0 Å². The lowest BCUT2D eigenvalue weighted by Gasteiger charge is -2.29. The Labute approximate surface area is 171 Å².